The number of aryl methyl sites for hydroxylation is 1. The average Bonchev–Trinajstić information content (AvgIpc) is 2.68. The van der Waals surface area contributed by atoms with E-state index in [9.17, 15) is 9.59 Å². The van der Waals surface area contributed by atoms with Crippen LogP contribution in [0.5, 0.6) is 0 Å². The number of anilines is 1. The topological polar surface area (TPSA) is 67.4 Å². The van der Waals surface area contributed by atoms with Gasteiger partial charge in [-0.15, -0.1) is 11.3 Å². The zero-order valence-corrected chi connectivity index (χ0v) is 13.7. The Morgan fingerprint density at radius 1 is 1.43 bits per heavy atom. The highest BCUT2D eigenvalue weighted by Gasteiger charge is 2.36. The second-order valence-electron chi connectivity index (χ2n) is 6.21. The number of amides is 2. The maximum absolute atomic E-state index is 12.0. The molecule has 5 nitrogen and oxygen atoms in total. The summed E-state index contributed by atoms with van der Waals surface area (Å²) in [6, 6.07) is -0.0463. The van der Waals surface area contributed by atoms with Gasteiger partial charge < -0.3 is 10.1 Å². The van der Waals surface area contributed by atoms with Crippen molar-refractivity contribution < 1.29 is 14.3 Å². The van der Waals surface area contributed by atoms with E-state index in [4.69, 9.17) is 4.74 Å². The van der Waals surface area contributed by atoms with E-state index in [1.165, 1.54) is 11.3 Å². The van der Waals surface area contributed by atoms with Crippen LogP contribution in [0.15, 0.2) is 5.38 Å². The summed E-state index contributed by atoms with van der Waals surface area (Å²) in [4.78, 5) is 23.9. The molecule has 1 saturated carbocycles. The molecule has 1 heterocycles. The van der Waals surface area contributed by atoms with Crippen molar-refractivity contribution >= 4 is 28.3 Å². The molecule has 2 rings (SSSR count). The lowest BCUT2D eigenvalue weighted by Crippen LogP contribution is -2.49. The Kier molecular flexibility index (Phi) is 4.56. The SMILES string of the molecule is CCOC(=O)c1c(C)csc1NC(=O)NC1CC(C)(C)C1. The predicted molar refractivity (Wildman–Crippen MR) is 84.0 cm³/mol. The number of urea groups is 1. The smallest absolute Gasteiger partial charge is 0.341 e. The summed E-state index contributed by atoms with van der Waals surface area (Å²) in [5.74, 6) is -0.392. The second-order valence-corrected chi connectivity index (χ2v) is 7.09. The van der Waals surface area contributed by atoms with Crippen molar-refractivity contribution in [2.45, 2.75) is 46.6 Å². The number of thiophene rings is 1. The van der Waals surface area contributed by atoms with Crippen molar-refractivity contribution in [2.75, 3.05) is 11.9 Å². The monoisotopic (exact) mass is 310 g/mol. The molecule has 0 radical (unpaired) electrons. The first-order chi connectivity index (χ1) is 9.82. The molecule has 0 saturated heterocycles. The number of esters is 1. The third-order valence-corrected chi connectivity index (χ3v) is 4.63. The number of nitrogens with one attached hydrogen (secondary N) is 2. The fraction of sp³-hybridized carbons (Fsp3) is 0.600. The molecule has 0 bridgehead atoms. The number of carbonyl (C=O) groups excluding carboxylic acids is 2. The highest BCUT2D eigenvalue weighted by atomic mass is 32.1. The van der Waals surface area contributed by atoms with Gasteiger partial charge in [0.15, 0.2) is 0 Å². The van der Waals surface area contributed by atoms with Crippen LogP contribution in [-0.4, -0.2) is 24.6 Å². The molecule has 1 aromatic heterocycles. The average molecular weight is 310 g/mol. The summed E-state index contributed by atoms with van der Waals surface area (Å²) in [6.45, 7) is 8.28. The highest BCUT2D eigenvalue weighted by molar-refractivity contribution is 7.15. The number of carbonyl (C=O) groups is 2. The first kappa shape index (κ1) is 15.8. The number of hydrogen-bond acceptors (Lipinski definition) is 4. The predicted octanol–water partition coefficient (Wildman–Crippen LogP) is 3.54. The van der Waals surface area contributed by atoms with Crippen molar-refractivity contribution in [2.24, 2.45) is 5.41 Å². The van der Waals surface area contributed by atoms with Crippen molar-refractivity contribution in [3.05, 3.63) is 16.5 Å². The Balaban J connectivity index is 1.97. The molecule has 2 amide bonds. The Morgan fingerprint density at radius 2 is 2.10 bits per heavy atom. The molecular formula is C15H22N2O3S. The third kappa shape index (κ3) is 3.75. The Bertz CT molecular complexity index is 543. The lowest BCUT2D eigenvalue weighted by Gasteiger charge is -2.42. The maximum atomic E-state index is 12.0. The van der Waals surface area contributed by atoms with Gasteiger partial charge in [-0.05, 0) is 43.0 Å². The van der Waals surface area contributed by atoms with Gasteiger partial charge in [-0.1, -0.05) is 13.8 Å². The van der Waals surface area contributed by atoms with Crippen molar-refractivity contribution in [3.63, 3.8) is 0 Å². The minimum atomic E-state index is -0.392. The van der Waals surface area contributed by atoms with Crippen LogP contribution in [0.25, 0.3) is 0 Å². The Morgan fingerprint density at radius 3 is 2.67 bits per heavy atom. The molecule has 116 valence electrons. The molecule has 0 aliphatic heterocycles. The summed E-state index contributed by atoms with van der Waals surface area (Å²) >= 11 is 1.34. The first-order valence-electron chi connectivity index (χ1n) is 7.15. The van der Waals surface area contributed by atoms with Gasteiger partial charge in [0.2, 0.25) is 0 Å². The summed E-state index contributed by atoms with van der Waals surface area (Å²) in [7, 11) is 0. The van der Waals surface area contributed by atoms with Crippen molar-refractivity contribution in [1.29, 1.82) is 0 Å². The lowest BCUT2D eigenvalue weighted by molar-refractivity contribution is 0.0527. The molecule has 0 unspecified atom stereocenters. The maximum Gasteiger partial charge on any atom is 0.341 e. The molecule has 0 atom stereocenters. The van der Waals surface area contributed by atoms with E-state index >= 15 is 0 Å². The minimum Gasteiger partial charge on any atom is -0.462 e. The fourth-order valence-corrected chi connectivity index (χ4v) is 3.62. The molecule has 21 heavy (non-hydrogen) atoms. The molecule has 0 spiro atoms. The molecule has 0 aromatic carbocycles. The van der Waals surface area contributed by atoms with Gasteiger partial charge in [0, 0.05) is 6.04 Å². The van der Waals surface area contributed by atoms with Gasteiger partial charge in [-0.2, -0.15) is 0 Å². The summed E-state index contributed by atoms with van der Waals surface area (Å²) < 4.78 is 5.03. The highest BCUT2D eigenvalue weighted by Crippen LogP contribution is 2.39. The van der Waals surface area contributed by atoms with Gasteiger partial charge in [0.25, 0.3) is 0 Å². The second kappa shape index (κ2) is 6.05. The van der Waals surface area contributed by atoms with Gasteiger partial charge in [-0.3, -0.25) is 5.32 Å². The van der Waals surface area contributed by atoms with E-state index in [1.807, 2.05) is 12.3 Å². The summed E-state index contributed by atoms with van der Waals surface area (Å²) in [5, 5.41) is 8.08. The zero-order valence-electron chi connectivity index (χ0n) is 12.9. The minimum absolute atomic E-state index is 0.215. The van der Waals surface area contributed by atoms with Crippen LogP contribution in [0.1, 0.15) is 49.5 Å². The van der Waals surface area contributed by atoms with Crippen LogP contribution in [0.4, 0.5) is 9.80 Å². The molecule has 1 aromatic rings. The number of hydrogen-bond donors (Lipinski definition) is 2. The molecule has 2 N–H and O–H groups in total. The van der Waals surface area contributed by atoms with Crippen LogP contribution in [0.3, 0.4) is 0 Å². The summed E-state index contributed by atoms with van der Waals surface area (Å²) in [6.07, 6.45) is 1.96. The van der Waals surface area contributed by atoms with E-state index in [1.54, 1.807) is 6.92 Å². The van der Waals surface area contributed by atoms with Gasteiger partial charge in [0.05, 0.1) is 12.2 Å². The Labute approximate surface area is 129 Å². The number of ether oxygens (including phenoxy) is 1. The molecule has 6 heteroatoms. The van der Waals surface area contributed by atoms with E-state index in [-0.39, 0.29) is 12.1 Å². The standard InChI is InChI=1S/C15H22N2O3S/c1-5-20-13(18)11-9(2)8-21-12(11)17-14(19)16-10-6-15(3,4)7-10/h8,10H,5-7H2,1-4H3,(H2,16,17,19). The van der Waals surface area contributed by atoms with E-state index in [0.29, 0.717) is 22.6 Å². The third-order valence-electron chi connectivity index (χ3n) is 3.61. The van der Waals surface area contributed by atoms with Crippen molar-refractivity contribution in [3.8, 4) is 0 Å². The Hall–Kier alpha value is -1.56. The van der Waals surface area contributed by atoms with Gasteiger partial charge in [-0.25, -0.2) is 9.59 Å². The molecule has 1 aliphatic carbocycles. The van der Waals surface area contributed by atoms with Crippen LogP contribution in [-0.2, 0) is 4.74 Å². The normalized spacial score (nSPS) is 17.0. The largest absolute Gasteiger partial charge is 0.462 e. The van der Waals surface area contributed by atoms with E-state index in [0.717, 1.165) is 18.4 Å². The number of rotatable bonds is 4. The lowest BCUT2D eigenvalue weighted by atomic mass is 9.68. The fourth-order valence-electron chi connectivity index (χ4n) is 2.69. The van der Waals surface area contributed by atoms with Crippen molar-refractivity contribution in [1.82, 2.24) is 5.32 Å². The van der Waals surface area contributed by atoms with Crippen LogP contribution in [0, 0.1) is 12.3 Å². The molecule has 1 fully saturated rings. The zero-order chi connectivity index (χ0) is 15.6. The first-order valence-corrected chi connectivity index (χ1v) is 8.03. The van der Waals surface area contributed by atoms with Crippen LogP contribution < -0.4 is 10.6 Å². The van der Waals surface area contributed by atoms with E-state index < -0.39 is 5.97 Å². The molecule has 1 aliphatic rings. The quantitative estimate of drug-likeness (QED) is 0.836. The molecular weight excluding hydrogens is 288 g/mol. The van der Waals surface area contributed by atoms with Gasteiger partial charge in [0.1, 0.15) is 5.00 Å². The van der Waals surface area contributed by atoms with Crippen LogP contribution >= 0.6 is 11.3 Å². The van der Waals surface area contributed by atoms with Gasteiger partial charge >= 0.3 is 12.0 Å². The van der Waals surface area contributed by atoms with E-state index in [2.05, 4.69) is 24.5 Å². The summed E-state index contributed by atoms with van der Waals surface area (Å²) in [5.41, 5.74) is 1.58. The van der Waals surface area contributed by atoms with Crippen LogP contribution in [0.2, 0.25) is 0 Å².